The number of fused-ring (bicyclic) bond motifs is 1. The lowest BCUT2D eigenvalue weighted by Crippen LogP contribution is -2.00. The lowest BCUT2D eigenvalue weighted by molar-refractivity contribution is 0.102. The second-order valence-corrected chi connectivity index (χ2v) is 4.90. The first-order valence-corrected chi connectivity index (χ1v) is 6.28. The Morgan fingerprint density at radius 1 is 1.39 bits per heavy atom. The first kappa shape index (κ1) is 11.0. The van der Waals surface area contributed by atoms with Gasteiger partial charge in [-0.2, -0.15) is 0 Å². The Balaban J connectivity index is 2.18. The van der Waals surface area contributed by atoms with Gasteiger partial charge in [-0.05, 0) is 30.5 Å². The molecular formula is C13H10N2O2S. The van der Waals surface area contributed by atoms with Gasteiger partial charge in [0.1, 0.15) is 0 Å². The maximum Gasteiger partial charge on any atom is 0.240 e. The second-order valence-electron chi connectivity index (χ2n) is 3.96. The van der Waals surface area contributed by atoms with Gasteiger partial charge in [0.2, 0.25) is 17.3 Å². The Morgan fingerprint density at radius 3 is 2.94 bits per heavy atom. The van der Waals surface area contributed by atoms with Gasteiger partial charge in [0.05, 0.1) is 16.0 Å². The van der Waals surface area contributed by atoms with E-state index in [1.54, 1.807) is 6.07 Å². The molecule has 0 atom stereocenters. The zero-order valence-electron chi connectivity index (χ0n) is 9.64. The Kier molecular flexibility index (Phi) is 2.41. The summed E-state index contributed by atoms with van der Waals surface area (Å²) in [5, 5.41) is 2.52. The van der Waals surface area contributed by atoms with E-state index in [1.807, 2.05) is 30.5 Å². The average molecular weight is 258 g/mol. The van der Waals surface area contributed by atoms with Crippen molar-refractivity contribution < 1.29 is 9.21 Å². The number of aryl methyl sites for hydroxylation is 1. The van der Waals surface area contributed by atoms with Gasteiger partial charge in [-0.1, -0.05) is 6.07 Å². The number of aromatic nitrogens is 1. The molecule has 3 rings (SSSR count). The highest BCUT2D eigenvalue weighted by molar-refractivity contribution is 7.12. The molecule has 0 aliphatic heterocycles. The molecule has 3 aromatic rings. The Morgan fingerprint density at radius 2 is 2.22 bits per heavy atom. The molecule has 0 aliphatic rings. The summed E-state index contributed by atoms with van der Waals surface area (Å²) in [6.45, 7) is 1.86. The maximum absolute atomic E-state index is 12.2. The smallest absolute Gasteiger partial charge is 0.240 e. The molecule has 0 fully saturated rings. The predicted octanol–water partition coefficient (Wildman–Crippen LogP) is 3.01. The topological polar surface area (TPSA) is 69.1 Å². The van der Waals surface area contributed by atoms with E-state index in [1.165, 1.54) is 11.3 Å². The summed E-state index contributed by atoms with van der Waals surface area (Å²) >= 11 is 1.36. The lowest BCUT2D eigenvalue weighted by atomic mass is 10.2. The number of nitrogen functional groups attached to an aromatic ring is 1. The summed E-state index contributed by atoms with van der Waals surface area (Å²) in [6, 6.07) is 7.23. The molecule has 0 saturated heterocycles. The fraction of sp³-hybridized carbons (Fsp3) is 0.0769. The van der Waals surface area contributed by atoms with E-state index in [2.05, 4.69) is 4.98 Å². The number of rotatable bonds is 2. The van der Waals surface area contributed by atoms with E-state index in [-0.39, 0.29) is 11.5 Å². The first-order chi connectivity index (χ1) is 8.66. The van der Waals surface area contributed by atoms with Gasteiger partial charge in [-0.3, -0.25) is 4.79 Å². The molecular weight excluding hydrogens is 248 g/mol. The molecule has 3 heterocycles. The highest BCUT2D eigenvalue weighted by Gasteiger charge is 2.21. The quantitative estimate of drug-likeness (QED) is 0.717. The monoisotopic (exact) mass is 258 g/mol. The minimum atomic E-state index is -0.196. The lowest BCUT2D eigenvalue weighted by Gasteiger charge is -1.93. The van der Waals surface area contributed by atoms with Crippen LogP contribution in [-0.2, 0) is 0 Å². The molecule has 18 heavy (non-hydrogen) atoms. The summed E-state index contributed by atoms with van der Waals surface area (Å²) in [7, 11) is 0. The van der Waals surface area contributed by atoms with Crippen LogP contribution in [0.4, 0.5) is 5.69 Å². The van der Waals surface area contributed by atoms with Crippen molar-refractivity contribution in [3.63, 3.8) is 0 Å². The minimum absolute atomic E-state index is 0.172. The highest BCUT2D eigenvalue weighted by Crippen LogP contribution is 2.29. The highest BCUT2D eigenvalue weighted by atomic mass is 32.1. The van der Waals surface area contributed by atoms with Crippen molar-refractivity contribution in [3.8, 4) is 0 Å². The van der Waals surface area contributed by atoms with Gasteiger partial charge in [0, 0.05) is 5.69 Å². The van der Waals surface area contributed by atoms with E-state index in [4.69, 9.17) is 10.2 Å². The number of carbonyl (C=O) groups is 1. The molecule has 5 heteroatoms. The van der Waals surface area contributed by atoms with E-state index < -0.39 is 0 Å². The number of furan rings is 1. The molecule has 2 N–H and O–H groups in total. The number of ketones is 1. The van der Waals surface area contributed by atoms with Gasteiger partial charge < -0.3 is 10.2 Å². The van der Waals surface area contributed by atoms with Crippen molar-refractivity contribution in [3.05, 3.63) is 46.0 Å². The molecule has 90 valence electrons. The number of hydrogen-bond donors (Lipinski definition) is 1. The zero-order chi connectivity index (χ0) is 12.7. The maximum atomic E-state index is 12.2. The standard InChI is InChI=1S/C13H10N2O2S/c1-7-4-5-8-10(14)12(17-13(8)15-7)11(16)9-3-2-6-18-9/h2-6H,14H2,1H3. The molecule has 0 bridgehead atoms. The SMILES string of the molecule is Cc1ccc2c(N)c(C(=O)c3cccs3)oc2n1. The third-order valence-electron chi connectivity index (χ3n) is 2.68. The zero-order valence-corrected chi connectivity index (χ0v) is 10.5. The van der Waals surface area contributed by atoms with Crippen LogP contribution >= 0.6 is 11.3 Å². The van der Waals surface area contributed by atoms with Crippen LogP contribution in [-0.4, -0.2) is 10.8 Å². The summed E-state index contributed by atoms with van der Waals surface area (Å²) in [5.41, 5.74) is 7.54. The average Bonchev–Trinajstić information content (AvgIpc) is 2.97. The van der Waals surface area contributed by atoms with E-state index in [0.717, 1.165) is 5.69 Å². The molecule has 0 amide bonds. The fourth-order valence-corrected chi connectivity index (χ4v) is 2.44. The summed E-state index contributed by atoms with van der Waals surface area (Å²) in [5.74, 6) is -0.0243. The van der Waals surface area contributed by atoms with Crippen molar-refractivity contribution in [1.82, 2.24) is 4.98 Å². The molecule has 0 radical (unpaired) electrons. The van der Waals surface area contributed by atoms with Crippen LogP contribution in [0.2, 0.25) is 0 Å². The van der Waals surface area contributed by atoms with Crippen LogP contribution in [0.3, 0.4) is 0 Å². The van der Waals surface area contributed by atoms with Crippen molar-refractivity contribution in [2.45, 2.75) is 6.92 Å². The Hall–Kier alpha value is -2.14. The number of carbonyl (C=O) groups excluding carboxylic acids is 1. The van der Waals surface area contributed by atoms with Crippen LogP contribution in [0.1, 0.15) is 21.1 Å². The molecule has 0 aromatic carbocycles. The molecule has 0 spiro atoms. The molecule has 0 aliphatic carbocycles. The van der Waals surface area contributed by atoms with Crippen molar-refractivity contribution in [2.75, 3.05) is 5.73 Å². The second kappa shape index (κ2) is 3.96. The van der Waals surface area contributed by atoms with Crippen LogP contribution in [0, 0.1) is 6.92 Å². The van der Waals surface area contributed by atoms with Gasteiger partial charge in [-0.25, -0.2) is 4.98 Å². The van der Waals surface area contributed by atoms with Gasteiger partial charge in [0.25, 0.3) is 0 Å². The summed E-state index contributed by atoms with van der Waals surface area (Å²) in [6.07, 6.45) is 0. The molecule has 4 nitrogen and oxygen atoms in total. The van der Waals surface area contributed by atoms with Gasteiger partial charge >= 0.3 is 0 Å². The minimum Gasteiger partial charge on any atom is -0.432 e. The fourth-order valence-electron chi connectivity index (χ4n) is 1.78. The van der Waals surface area contributed by atoms with E-state index >= 15 is 0 Å². The van der Waals surface area contributed by atoms with Gasteiger partial charge in [0.15, 0.2) is 0 Å². The van der Waals surface area contributed by atoms with Crippen LogP contribution in [0.15, 0.2) is 34.1 Å². The number of nitrogens with zero attached hydrogens (tertiary/aromatic N) is 1. The Bertz CT molecular complexity index is 729. The first-order valence-electron chi connectivity index (χ1n) is 5.40. The molecule has 3 aromatic heterocycles. The summed E-state index contributed by atoms with van der Waals surface area (Å²) < 4.78 is 5.49. The number of nitrogens with two attached hydrogens (primary N) is 1. The Labute approximate surface area is 107 Å². The molecule has 0 saturated carbocycles. The van der Waals surface area contributed by atoms with Crippen LogP contribution < -0.4 is 5.73 Å². The van der Waals surface area contributed by atoms with Gasteiger partial charge in [-0.15, -0.1) is 11.3 Å². The largest absolute Gasteiger partial charge is 0.432 e. The van der Waals surface area contributed by atoms with E-state index in [0.29, 0.717) is 21.7 Å². The predicted molar refractivity (Wildman–Crippen MR) is 70.9 cm³/mol. The number of hydrogen-bond acceptors (Lipinski definition) is 5. The number of thiophene rings is 1. The van der Waals surface area contributed by atoms with Crippen molar-refractivity contribution >= 4 is 33.9 Å². The third kappa shape index (κ3) is 1.60. The van der Waals surface area contributed by atoms with Crippen molar-refractivity contribution in [2.24, 2.45) is 0 Å². The number of pyridine rings is 1. The third-order valence-corrected chi connectivity index (χ3v) is 3.55. The van der Waals surface area contributed by atoms with E-state index in [9.17, 15) is 4.79 Å². The molecule has 0 unspecified atom stereocenters. The normalized spacial score (nSPS) is 10.9. The number of anilines is 1. The summed E-state index contributed by atoms with van der Waals surface area (Å²) in [4.78, 5) is 17.0. The van der Waals surface area contributed by atoms with Crippen molar-refractivity contribution in [1.29, 1.82) is 0 Å². The van der Waals surface area contributed by atoms with Crippen LogP contribution in [0.25, 0.3) is 11.1 Å². The van der Waals surface area contributed by atoms with Crippen LogP contribution in [0.5, 0.6) is 0 Å².